The normalized spacial score (nSPS) is 21.1. The van der Waals surface area contributed by atoms with Gasteiger partial charge in [-0.2, -0.15) is 0 Å². The summed E-state index contributed by atoms with van der Waals surface area (Å²) < 4.78 is 23.9. The third-order valence-corrected chi connectivity index (χ3v) is 8.46. The largest absolute Gasteiger partial charge is 0.455 e. The SMILES string of the molecule is CN1CCN(C(=O)c2cc(Oc3ccc(Cl)cc3)c3c(c2)c2ccccc2n3C[C@@H]2CCN(C)C[C@H]2F)CC1. The maximum atomic E-state index is 15.2. The number of alkyl halides is 1. The zero-order valence-electron chi connectivity index (χ0n) is 22.4. The van der Waals surface area contributed by atoms with Crippen LogP contribution in [0.15, 0.2) is 60.7 Å². The van der Waals surface area contributed by atoms with Crippen molar-refractivity contribution in [1.82, 2.24) is 19.3 Å². The molecule has 1 aromatic heterocycles. The molecular weight excluding hydrogens is 515 g/mol. The Labute approximate surface area is 233 Å². The molecule has 0 saturated carbocycles. The molecule has 0 aliphatic carbocycles. The lowest BCUT2D eigenvalue weighted by Crippen LogP contribution is -2.47. The summed E-state index contributed by atoms with van der Waals surface area (Å²) in [5.41, 5.74) is 2.50. The number of nitrogens with zero attached hydrogens (tertiary/aromatic N) is 4. The Morgan fingerprint density at radius 1 is 0.949 bits per heavy atom. The average molecular weight is 549 g/mol. The van der Waals surface area contributed by atoms with Crippen molar-refractivity contribution in [2.45, 2.75) is 19.1 Å². The van der Waals surface area contributed by atoms with Crippen LogP contribution in [0.5, 0.6) is 11.5 Å². The first kappa shape index (κ1) is 26.1. The van der Waals surface area contributed by atoms with Crippen LogP contribution in [0.25, 0.3) is 21.8 Å². The average Bonchev–Trinajstić information content (AvgIpc) is 3.25. The van der Waals surface area contributed by atoms with Gasteiger partial charge in [-0.05, 0) is 69.5 Å². The summed E-state index contributed by atoms with van der Waals surface area (Å²) in [4.78, 5) is 19.9. The van der Waals surface area contributed by atoms with E-state index in [4.69, 9.17) is 16.3 Å². The van der Waals surface area contributed by atoms with Gasteiger partial charge in [-0.25, -0.2) is 4.39 Å². The molecule has 2 fully saturated rings. The number of likely N-dealkylation sites (tertiary alicyclic amines) is 1. The number of hydrogen-bond acceptors (Lipinski definition) is 4. The van der Waals surface area contributed by atoms with Crippen molar-refractivity contribution in [2.75, 3.05) is 53.4 Å². The fourth-order valence-electron chi connectivity index (χ4n) is 5.91. The number of halogens is 2. The maximum Gasteiger partial charge on any atom is 0.254 e. The summed E-state index contributed by atoms with van der Waals surface area (Å²) in [6, 6.07) is 19.2. The van der Waals surface area contributed by atoms with E-state index in [1.54, 1.807) is 12.1 Å². The second kappa shape index (κ2) is 10.8. The number of aromatic nitrogens is 1. The van der Waals surface area contributed by atoms with Gasteiger partial charge in [-0.15, -0.1) is 0 Å². The van der Waals surface area contributed by atoms with E-state index >= 15 is 4.39 Å². The van der Waals surface area contributed by atoms with Gasteiger partial charge in [0.15, 0.2) is 5.75 Å². The standard InChI is InChI=1S/C31H34ClFN4O2/c1-34-13-15-36(16-14-34)31(38)22-17-26-25-5-3-4-6-28(25)37(19-21-11-12-35(2)20-27(21)33)30(26)29(18-22)39-24-9-7-23(32)8-10-24/h3-10,17-18,21,27H,11-16,19-20H2,1-2H3/t21-,27+/m0/s1. The molecule has 3 aromatic carbocycles. The van der Waals surface area contributed by atoms with Gasteiger partial charge in [0, 0.05) is 72.1 Å². The first-order chi connectivity index (χ1) is 18.9. The quantitative estimate of drug-likeness (QED) is 0.310. The summed E-state index contributed by atoms with van der Waals surface area (Å²) in [5, 5.41) is 2.60. The molecule has 2 aliphatic heterocycles. The number of piperazine rings is 1. The zero-order chi connectivity index (χ0) is 27.1. The third kappa shape index (κ3) is 5.23. The van der Waals surface area contributed by atoms with E-state index in [0.29, 0.717) is 48.3 Å². The first-order valence-corrected chi connectivity index (χ1v) is 14.0. The number of amides is 1. The highest BCUT2D eigenvalue weighted by Crippen LogP contribution is 2.40. The summed E-state index contributed by atoms with van der Waals surface area (Å²) in [6.45, 7) is 4.94. The molecule has 2 atom stereocenters. The molecule has 1 amide bonds. The van der Waals surface area contributed by atoms with E-state index in [2.05, 4.69) is 33.5 Å². The molecule has 6 nitrogen and oxygen atoms in total. The molecule has 0 bridgehead atoms. The molecule has 2 aliphatic rings. The van der Waals surface area contributed by atoms with Crippen LogP contribution in [0.1, 0.15) is 16.8 Å². The van der Waals surface area contributed by atoms with Gasteiger partial charge in [0.25, 0.3) is 5.91 Å². The number of rotatable bonds is 5. The van der Waals surface area contributed by atoms with Gasteiger partial charge < -0.3 is 24.0 Å². The Hall–Kier alpha value is -3.13. The summed E-state index contributed by atoms with van der Waals surface area (Å²) in [5.74, 6) is 1.12. The van der Waals surface area contributed by atoms with Gasteiger partial charge in [0.05, 0.1) is 5.52 Å². The summed E-state index contributed by atoms with van der Waals surface area (Å²) in [7, 11) is 4.05. The van der Waals surface area contributed by atoms with Crippen molar-refractivity contribution in [3.63, 3.8) is 0 Å². The smallest absolute Gasteiger partial charge is 0.254 e. The highest BCUT2D eigenvalue weighted by Gasteiger charge is 2.30. The Balaban J connectivity index is 1.49. The van der Waals surface area contributed by atoms with Crippen molar-refractivity contribution in [3.8, 4) is 11.5 Å². The minimum atomic E-state index is -0.904. The van der Waals surface area contributed by atoms with Crippen molar-refractivity contribution in [3.05, 3.63) is 71.2 Å². The summed E-state index contributed by atoms with van der Waals surface area (Å²) in [6.07, 6.45) is -0.113. The van der Waals surface area contributed by atoms with Gasteiger partial charge >= 0.3 is 0 Å². The van der Waals surface area contributed by atoms with Crippen molar-refractivity contribution >= 4 is 39.3 Å². The summed E-state index contributed by atoms with van der Waals surface area (Å²) >= 11 is 6.13. The first-order valence-electron chi connectivity index (χ1n) is 13.7. The zero-order valence-corrected chi connectivity index (χ0v) is 23.2. The molecule has 204 valence electrons. The fourth-order valence-corrected chi connectivity index (χ4v) is 6.03. The van der Waals surface area contributed by atoms with Crippen molar-refractivity contribution < 1.29 is 13.9 Å². The van der Waals surface area contributed by atoms with Crippen LogP contribution in [-0.2, 0) is 6.54 Å². The second-order valence-corrected chi connectivity index (χ2v) is 11.4. The predicted octanol–water partition coefficient (Wildman–Crippen LogP) is 5.92. The molecule has 2 saturated heterocycles. The van der Waals surface area contributed by atoms with Crippen LogP contribution in [0.2, 0.25) is 5.02 Å². The van der Waals surface area contributed by atoms with E-state index in [-0.39, 0.29) is 11.8 Å². The molecule has 0 N–H and O–H groups in total. The molecule has 8 heteroatoms. The molecule has 0 unspecified atom stereocenters. The fraction of sp³-hybridized carbons (Fsp3) is 0.387. The number of fused-ring (bicyclic) bond motifs is 3. The Morgan fingerprint density at radius 2 is 1.69 bits per heavy atom. The van der Waals surface area contributed by atoms with Crippen molar-refractivity contribution in [1.29, 1.82) is 0 Å². The minimum Gasteiger partial charge on any atom is -0.455 e. The number of carbonyl (C=O) groups excluding carboxylic acids is 1. The van der Waals surface area contributed by atoms with E-state index in [1.165, 1.54) is 0 Å². The molecule has 3 heterocycles. The van der Waals surface area contributed by atoms with E-state index < -0.39 is 6.17 Å². The van der Waals surface area contributed by atoms with Crippen LogP contribution in [-0.4, -0.2) is 84.7 Å². The predicted molar refractivity (Wildman–Crippen MR) is 155 cm³/mol. The number of likely N-dealkylation sites (N-methyl/N-ethyl adjacent to an activating group) is 1. The van der Waals surface area contributed by atoms with Crippen molar-refractivity contribution in [2.24, 2.45) is 5.92 Å². The van der Waals surface area contributed by atoms with E-state index in [9.17, 15) is 4.79 Å². The van der Waals surface area contributed by atoms with Gasteiger partial charge in [0.2, 0.25) is 0 Å². The number of ether oxygens (including phenoxy) is 1. The Bertz CT molecular complexity index is 1500. The van der Waals surface area contributed by atoms with Crippen LogP contribution >= 0.6 is 11.6 Å². The van der Waals surface area contributed by atoms with Crippen LogP contribution in [0, 0.1) is 5.92 Å². The van der Waals surface area contributed by atoms with Gasteiger partial charge in [0.1, 0.15) is 11.9 Å². The lowest BCUT2D eigenvalue weighted by Gasteiger charge is -2.33. The number of para-hydroxylation sites is 1. The second-order valence-electron chi connectivity index (χ2n) is 11.0. The lowest BCUT2D eigenvalue weighted by molar-refractivity contribution is 0.0664. The number of hydrogen-bond donors (Lipinski definition) is 0. The topological polar surface area (TPSA) is 41.0 Å². The number of benzene rings is 3. The van der Waals surface area contributed by atoms with Crippen LogP contribution in [0.4, 0.5) is 4.39 Å². The highest BCUT2D eigenvalue weighted by atomic mass is 35.5. The molecule has 4 aromatic rings. The number of carbonyl (C=O) groups is 1. The minimum absolute atomic E-state index is 0.00178. The number of piperidine rings is 1. The lowest BCUT2D eigenvalue weighted by atomic mass is 9.95. The van der Waals surface area contributed by atoms with Gasteiger partial charge in [-0.1, -0.05) is 29.8 Å². The van der Waals surface area contributed by atoms with Crippen LogP contribution < -0.4 is 4.74 Å². The van der Waals surface area contributed by atoms with E-state index in [1.807, 2.05) is 48.3 Å². The Kier molecular flexibility index (Phi) is 7.23. The molecular formula is C31H34ClFN4O2. The van der Waals surface area contributed by atoms with Crippen LogP contribution in [0.3, 0.4) is 0 Å². The molecule has 0 radical (unpaired) electrons. The highest BCUT2D eigenvalue weighted by molar-refractivity contribution is 6.30. The maximum absolute atomic E-state index is 15.2. The third-order valence-electron chi connectivity index (χ3n) is 8.21. The Morgan fingerprint density at radius 3 is 2.44 bits per heavy atom. The van der Waals surface area contributed by atoms with Gasteiger partial charge in [-0.3, -0.25) is 4.79 Å². The molecule has 0 spiro atoms. The monoisotopic (exact) mass is 548 g/mol. The molecule has 6 rings (SSSR count). The molecule has 39 heavy (non-hydrogen) atoms. The van der Waals surface area contributed by atoms with E-state index in [0.717, 1.165) is 47.9 Å².